The summed E-state index contributed by atoms with van der Waals surface area (Å²) in [7, 11) is -2.38. The zero-order chi connectivity index (χ0) is 13.8. The summed E-state index contributed by atoms with van der Waals surface area (Å²) in [6.07, 6.45) is 0.500. The number of ether oxygens (including phenoxy) is 1. The van der Waals surface area contributed by atoms with Crippen molar-refractivity contribution in [2.24, 2.45) is 0 Å². The molecule has 102 valence electrons. The van der Waals surface area contributed by atoms with E-state index in [0.29, 0.717) is 13.0 Å². The van der Waals surface area contributed by atoms with Gasteiger partial charge in [0, 0.05) is 25.4 Å². The molecule has 0 amide bonds. The minimum absolute atomic E-state index is 0.196. The number of anilines is 1. The Balaban J connectivity index is 2.89. The molecule has 0 aromatic heterocycles. The van der Waals surface area contributed by atoms with Crippen LogP contribution in [0.4, 0.5) is 10.1 Å². The fourth-order valence-electron chi connectivity index (χ4n) is 1.41. The summed E-state index contributed by atoms with van der Waals surface area (Å²) in [6.45, 7) is 2.10. The minimum Gasteiger partial charge on any atom is -0.399 e. The van der Waals surface area contributed by atoms with Gasteiger partial charge in [0.2, 0.25) is 10.0 Å². The molecule has 5 nitrogen and oxygen atoms in total. The van der Waals surface area contributed by atoms with Crippen molar-refractivity contribution in [3.8, 4) is 0 Å². The third-order valence-corrected chi connectivity index (χ3v) is 3.96. The Morgan fingerprint density at radius 3 is 2.78 bits per heavy atom. The molecule has 1 unspecified atom stereocenters. The number of methoxy groups -OCH3 is 1. The number of nitrogens with two attached hydrogens (primary N) is 1. The number of rotatable bonds is 6. The highest BCUT2D eigenvalue weighted by molar-refractivity contribution is 7.89. The molecule has 0 saturated heterocycles. The lowest BCUT2D eigenvalue weighted by molar-refractivity contribution is 0.188. The minimum atomic E-state index is -3.90. The molecule has 0 saturated carbocycles. The molecule has 1 atom stereocenters. The van der Waals surface area contributed by atoms with E-state index in [1.165, 1.54) is 13.2 Å². The van der Waals surface area contributed by atoms with E-state index < -0.39 is 20.7 Å². The van der Waals surface area contributed by atoms with Gasteiger partial charge in [-0.3, -0.25) is 0 Å². The van der Waals surface area contributed by atoms with Gasteiger partial charge in [-0.1, -0.05) is 0 Å². The Kier molecular flexibility index (Phi) is 5.06. The Morgan fingerprint density at radius 2 is 2.17 bits per heavy atom. The van der Waals surface area contributed by atoms with Gasteiger partial charge in [-0.2, -0.15) is 0 Å². The molecule has 3 N–H and O–H groups in total. The van der Waals surface area contributed by atoms with Crippen LogP contribution < -0.4 is 10.5 Å². The van der Waals surface area contributed by atoms with E-state index in [4.69, 9.17) is 10.5 Å². The smallest absolute Gasteiger partial charge is 0.243 e. The number of sulfonamides is 1. The van der Waals surface area contributed by atoms with Crippen LogP contribution >= 0.6 is 0 Å². The molecule has 1 aromatic rings. The number of hydrogen-bond donors (Lipinski definition) is 2. The van der Waals surface area contributed by atoms with Gasteiger partial charge in [-0.15, -0.1) is 0 Å². The summed E-state index contributed by atoms with van der Waals surface area (Å²) in [6, 6.07) is 3.09. The van der Waals surface area contributed by atoms with Crippen LogP contribution in [-0.4, -0.2) is 28.2 Å². The lowest BCUT2D eigenvalue weighted by Gasteiger charge is -2.14. The summed E-state index contributed by atoms with van der Waals surface area (Å²) < 4.78 is 44.5. The van der Waals surface area contributed by atoms with E-state index in [-0.39, 0.29) is 11.7 Å². The number of nitrogens with one attached hydrogen (secondary N) is 1. The second-order valence-electron chi connectivity index (χ2n) is 3.99. The SMILES string of the molecule is COCCC(C)NS(=O)(=O)c1cc(N)ccc1F. The van der Waals surface area contributed by atoms with Crippen LogP contribution in [0, 0.1) is 5.82 Å². The normalized spacial score (nSPS) is 13.5. The van der Waals surface area contributed by atoms with Crippen molar-refractivity contribution in [2.75, 3.05) is 19.5 Å². The van der Waals surface area contributed by atoms with Crippen LogP contribution in [0.15, 0.2) is 23.1 Å². The lowest BCUT2D eigenvalue weighted by Crippen LogP contribution is -2.33. The quantitative estimate of drug-likeness (QED) is 0.763. The van der Waals surface area contributed by atoms with Crippen LogP contribution in [0.2, 0.25) is 0 Å². The molecule has 18 heavy (non-hydrogen) atoms. The maximum atomic E-state index is 13.5. The second-order valence-corrected chi connectivity index (χ2v) is 5.68. The van der Waals surface area contributed by atoms with Crippen molar-refractivity contribution < 1.29 is 17.5 Å². The predicted octanol–water partition coefficient (Wildman–Crippen LogP) is 1.11. The molecule has 0 spiro atoms. The Labute approximate surface area is 106 Å². The Bertz CT molecular complexity index is 505. The van der Waals surface area contributed by atoms with Gasteiger partial charge in [0.1, 0.15) is 10.7 Å². The highest BCUT2D eigenvalue weighted by atomic mass is 32.2. The molecular formula is C11H17FN2O3S. The third kappa shape index (κ3) is 3.94. The zero-order valence-corrected chi connectivity index (χ0v) is 11.1. The van der Waals surface area contributed by atoms with E-state index in [1.54, 1.807) is 6.92 Å². The topological polar surface area (TPSA) is 81.4 Å². The van der Waals surface area contributed by atoms with E-state index in [0.717, 1.165) is 12.1 Å². The van der Waals surface area contributed by atoms with Crippen LogP contribution in [-0.2, 0) is 14.8 Å². The molecule has 0 aliphatic rings. The average Bonchev–Trinajstić information content (AvgIpc) is 2.29. The highest BCUT2D eigenvalue weighted by Crippen LogP contribution is 2.18. The molecule has 0 fully saturated rings. The lowest BCUT2D eigenvalue weighted by atomic mass is 10.3. The Morgan fingerprint density at radius 1 is 1.50 bits per heavy atom. The molecule has 0 aliphatic heterocycles. The van der Waals surface area contributed by atoms with Crippen molar-refractivity contribution in [3.63, 3.8) is 0 Å². The number of nitrogen functional groups attached to an aromatic ring is 1. The monoisotopic (exact) mass is 276 g/mol. The molecule has 0 heterocycles. The summed E-state index contributed by atoms with van der Waals surface area (Å²) in [5.74, 6) is -0.823. The van der Waals surface area contributed by atoms with Crippen LogP contribution in [0.25, 0.3) is 0 Å². The largest absolute Gasteiger partial charge is 0.399 e. The van der Waals surface area contributed by atoms with E-state index >= 15 is 0 Å². The molecule has 7 heteroatoms. The van der Waals surface area contributed by atoms with Gasteiger partial charge < -0.3 is 10.5 Å². The van der Waals surface area contributed by atoms with Gasteiger partial charge in [-0.25, -0.2) is 17.5 Å². The van der Waals surface area contributed by atoms with Gasteiger partial charge in [-0.05, 0) is 31.5 Å². The van der Waals surface area contributed by atoms with E-state index in [1.807, 2.05) is 0 Å². The maximum absolute atomic E-state index is 13.5. The molecule has 0 aliphatic carbocycles. The summed E-state index contributed by atoms with van der Waals surface area (Å²) in [5.41, 5.74) is 5.65. The van der Waals surface area contributed by atoms with Crippen molar-refractivity contribution in [1.82, 2.24) is 4.72 Å². The zero-order valence-electron chi connectivity index (χ0n) is 10.3. The number of halogens is 1. The molecule has 1 aromatic carbocycles. The number of benzene rings is 1. The summed E-state index contributed by atoms with van der Waals surface area (Å²) >= 11 is 0. The first-order valence-electron chi connectivity index (χ1n) is 5.43. The van der Waals surface area contributed by atoms with Gasteiger partial charge >= 0.3 is 0 Å². The molecular weight excluding hydrogens is 259 g/mol. The molecule has 1 rings (SSSR count). The van der Waals surface area contributed by atoms with Crippen molar-refractivity contribution >= 4 is 15.7 Å². The Hall–Kier alpha value is -1.18. The molecule has 0 bridgehead atoms. The fourth-order valence-corrected chi connectivity index (χ4v) is 2.80. The third-order valence-electron chi connectivity index (χ3n) is 2.36. The second kappa shape index (κ2) is 6.12. The van der Waals surface area contributed by atoms with Crippen LogP contribution in [0.1, 0.15) is 13.3 Å². The van der Waals surface area contributed by atoms with E-state index in [2.05, 4.69) is 4.72 Å². The molecule has 0 radical (unpaired) electrons. The first kappa shape index (κ1) is 14.9. The standard InChI is InChI=1S/C11H17FN2O3S/c1-8(5-6-17-2)14-18(15,16)11-7-9(13)3-4-10(11)12/h3-4,7-8,14H,5-6,13H2,1-2H3. The summed E-state index contributed by atoms with van der Waals surface area (Å²) in [4.78, 5) is -0.438. The van der Waals surface area contributed by atoms with Gasteiger partial charge in [0.25, 0.3) is 0 Å². The van der Waals surface area contributed by atoms with Gasteiger partial charge in [0.15, 0.2) is 0 Å². The van der Waals surface area contributed by atoms with Crippen LogP contribution in [0.5, 0.6) is 0 Å². The van der Waals surface area contributed by atoms with Crippen molar-refractivity contribution in [2.45, 2.75) is 24.3 Å². The van der Waals surface area contributed by atoms with Crippen molar-refractivity contribution in [1.29, 1.82) is 0 Å². The van der Waals surface area contributed by atoms with Crippen LogP contribution in [0.3, 0.4) is 0 Å². The summed E-state index contributed by atoms with van der Waals surface area (Å²) in [5, 5.41) is 0. The number of hydrogen-bond acceptors (Lipinski definition) is 4. The average molecular weight is 276 g/mol. The van der Waals surface area contributed by atoms with Crippen molar-refractivity contribution in [3.05, 3.63) is 24.0 Å². The fraction of sp³-hybridized carbons (Fsp3) is 0.455. The highest BCUT2D eigenvalue weighted by Gasteiger charge is 2.21. The predicted molar refractivity (Wildman–Crippen MR) is 67.1 cm³/mol. The first-order chi connectivity index (χ1) is 8.36. The van der Waals surface area contributed by atoms with Gasteiger partial charge in [0.05, 0.1) is 0 Å². The van der Waals surface area contributed by atoms with E-state index in [9.17, 15) is 12.8 Å². The maximum Gasteiger partial charge on any atom is 0.243 e. The first-order valence-corrected chi connectivity index (χ1v) is 6.91.